The molecule has 2 heterocycles. The summed E-state index contributed by atoms with van der Waals surface area (Å²) in [4.78, 5) is 21.6. The molecule has 1 fully saturated rings. The molecule has 0 aliphatic carbocycles. The van der Waals surface area contributed by atoms with E-state index in [9.17, 15) is 13.2 Å². The Morgan fingerprint density at radius 1 is 1.38 bits per heavy atom. The second kappa shape index (κ2) is 12.8. The van der Waals surface area contributed by atoms with Crippen molar-refractivity contribution in [2.45, 2.75) is 30.7 Å². The number of guanidine groups is 1. The maximum atomic E-state index is 12.2. The molecule has 1 saturated heterocycles. The van der Waals surface area contributed by atoms with E-state index in [1.54, 1.807) is 11.0 Å². The number of nitrogens with zero attached hydrogens (tertiary/aromatic N) is 3. The number of aliphatic imine (C=N–C) groups is 1. The van der Waals surface area contributed by atoms with E-state index in [-0.39, 0.29) is 54.1 Å². The fraction of sp³-hybridized carbons (Fsp3) is 0.588. The molecule has 2 rings (SSSR count). The smallest absolute Gasteiger partial charge is 0.409 e. The van der Waals surface area contributed by atoms with Crippen molar-refractivity contribution in [2.75, 3.05) is 39.8 Å². The minimum atomic E-state index is -3.59. The Hall–Kier alpha value is -1.67. The number of carbonyl (C=O) groups is 1. The topological polar surface area (TPSA) is 125 Å². The van der Waals surface area contributed by atoms with Gasteiger partial charge < -0.3 is 20.3 Å². The summed E-state index contributed by atoms with van der Waals surface area (Å²) < 4.78 is 31.6. The van der Waals surface area contributed by atoms with E-state index < -0.39 is 10.0 Å². The van der Waals surface area contributed by atoms with Gasteiger partial charge in [0, 0.05) is 44.6 Å². The van der Waals surface area contributed by atoms with Crippen LogP contribution in [-0.2, 0) is 14.8 Å². The quantitative estimate of drug-likeness (QED) is 0.202. The predicted octanol–water partition coefficient (Wildman–Crippen LogP) is 0.764. The zero-order valence-corrected chi connectivity index (χ0v) is 19.8. The van der Waals surface area contributed by atoms with Gasteiger partial charge in [0.15, 0.2) is 5.96 Å². The van der Waals surface area contributed by atoms with Crippen molar-refractivity contribution in [3.05, 3.63) is 24.5 Å². The first-order valence-corrected chi connectivity index (χ1v) is 10.7. The summed E-state index contributed by atoms with van der Waals surface area (Å²) in [6.45, 7) is 4.35. The van der Waals surface area contributed by atoms with E-state index in [1.807, 2.05) is 6.92 Å². The Labute approximate surface area is 189 Å². The highest BCUT2D eigenvalue weighted by molar-refractivity contribution is 14.0. The number of pyridine rings is 1. The molecular formula is C17H29IN6O4S. The van der Waals surface area contributed by atoms with Gasteiger partial charge in [-0.2, -0.15) is 0 Å². The van der Waals surface area contributed by atoms with Crippen LogP contribution >= 0.6 is 24.0 Å². The van der Waals surface area contributed by atoms with E-state index >= 15 is 0 Å². The number of amides is 1. The van der Waals surface area contributed by atoms with Gasteiger partial charge in [0.05, 0.1) is 13.7 Å². The number of carbonyl (C=O) groups excluding carboxylic acids is 1. The number of aromatic nitrogens is 1. The summed E-state index contributed by atoms with van der Waals surface area (Å²) in [5, 5.41) is 6.49. The van der Waals surface area contributed by atoms with Gasteiger partial charge in [0.2, 0.25) is 10.0 Å². The molecule has 3 N–H and O–H groups in total. The molecule has 0 saturated carbocycles. The van der Waals surface area contributed by atoms with Crippen molar-refractivity contribution in [2.24, 2.45) is 4.99 Å². The lowest BCUT2D eigenvalue weighted by Crippen LogP contribution is -2.50. The van der Waals surface area contributed by atoms with Gasteiger partial charge in [0.25, 0.3) is 0 Å². The number of methoxy groups -OCH3 is 1. The van der Waals surface area contributed by atoms with Crippen molar-refractivity contribution in [3.8, 4) is 0 Å². The zero-order chi connectivity index (χ0) is 20.4. The highest BCUT2D eigenvalue weighted by Crippen LogP contribution is 2.11. The molecule has 0 bridgehead atoms. The van der Waals surface area contributed by atoms with Crippen LogP contribution in [0.5, 0.6) is 0 Å². The van der Waals surface area contributed by atoms with Gasteiger partial charge in [-0.15, -0.1) is 24.0 Å². The highest BCUT2D eigenvalue weighted by atomic mass is 127. The molecule has 164 valence electrons. The number of likely N-dealkylation sites (tertiary alicyclic amines) is 1. The minimum absolute atomic E-state index is 0. The van der Waals surface area contributed by atoms with Gasteiger partial charge >= 0.3 is 6.09 Å². The Balaban J connectivity index is 0.00000420. The minimum Gasteiger partial charge on any atom is -0.453 e. The van der Waals surface area contributed by atoms with Crippen LogP contribution in [0.1, 0.15) is 19.8 Å². The van der Waals surface area contributed by atoms with Crippen LogP contribution in [-0.4, -0.2) is 76.2 Å². The van der Waals surface area contributed by atoms with Crippen LogP contribution in [0.25, 0.3) is 0 Å². The van der Waals surface area contributed by atoms with Crippen molar-refractivity contribution in [1.29, 1.82) is 0 Å². The number of nitrogens with one attached hydrogen (secondary N) is 3. The molecule has 1 aliphatic rings. The van der Waals surface area contributed by atoms with Crippen molar-refractivity contribution in [3.63, 3.8) is 0 Å². The zero-order valence-electron chi connectivity index (χ0n) is 16.6. The fourth-order valence-corrected chi connectivity index (χ4v) is 3.77. The van der Waals surface area contributed by atoms with E-state index in [2.05, 4.69) is 25.3 Å². The molecule has 1 aromatic heterocycles. The standard InChI is InChI=1S/C17H28N6O4S.HI/c1-3-19-16(22-14-6-11-23(12-7-14)17(24)27-2)20-9-10-21-28(25,26)15-5-4-8-18-13-15;/h4-5,8,13-14,21H,3,6-7,9-12H2,1-2H3,(H2,19,20,22);1H. The van der Waals surface area contributed by atoms with Gasteiger partial charge in [0.1, 0.15) is 4.90 Å². The molecule has 0 atom stereocenters. The van der Waals surface area contributed by atoms with Gasteiger partial charge in [-0.25, -0.2) is 17.9 Å². The molecule has 1 amide bonds. The van der Waals surface area contributed by atoms with E-state index in [0.29, 0.717) is 25.6 Å². The number of rotatable bonds is 7. The predicted molar refractivity (Wildman–Crippen MR) is 121 cm³/mol. The Morgan fingerprint density at radius 2 is 2.10 bits per heavy atom. The summed E-state index contributed by atoms with van der Waals surface area (Å²) in [7, 11) is -2.21. The Kier molecular flexibility index (Phi) is 11.2. The maximum absolute atomic E-state index is 12.2. The first-order chi connectivity index (χ1) is 13.5. The molecule has 1 aliphatic heterocycles. The lowest BCUT2D eigenvalue weighted by molar-refractivity contribution is 0.111. The molecule has 29 heavy (non-hydrogen) atoms. The van der Waals surface area contributed by atoms with Crippen molar-refractivity contribution < 1.29 is 17.9 Å². The van der Waals surface area contributed by atoms with E-state index in [4.69, 9.17) is 4.74 Å². The first-order valence-electron chi connectivity index (χ1n) is 9.23. The number of ether oxygens (including phenoxy) is 1. The monoisotopic (exact) mass is 540 g/mol. The molecule has 0 spiro atoms. The number of halogens is 1. The van der Waals surface area contributed by atoms with Crippen LogP contribution < -0.4 is 15.4 Å². The van der Waals surface area contributed by atoms with Gasteiger partial charge in [-0.05, 0) is 31.9 Å². The second-order valence-corrected chi connectivity index (χ2v) is 7.99. The average molecular weight is 540 g/mol. The van der Waals surface area contributed by atoms with E-state index in [1.165, 1.54) is 25.6 Å². The lowest BCUT2D eigenvalue weighted by Gasteiger charge is -2.32. The average Bonchev–Trinajstić information content (AvgIpc) is 2.72. The van der Waals surface area contributed by atoms with Crippen LogP contribution in [0.4, 0.5) is 4.79 Å². The third-order valence-corrected chi connectivity index (χ3v) is 5.68. The molecule has 0 radical (unpaired) electrons. The SMILES string of the molecule is CCNC(=NCCNS(=O)(=O)c1cccnc1)NC1CCN(C(=O)OC)CC1.I. The van der Waals surface area contributed by atoms with Crippen LogP contribution in [0, 0.1) is 0 Å². The second-order valence-electron chi connectivity index (χ2n) is 6.22. The van der Waals surface area contributed by atoms with Crippen LogP contribution in [0.15, 0.2) is 34.4 Å². The number of sulfonamides is 1. The largest absolute Gasteiger partial charge is 0.453 e. The first kappa shape index (κ1) is 25.4. The third kappa shape index (κ3) is 8.30. The third-order valence-electron chi connectivity index (χ3n) is 4.23. The normalized spacial score (nSPS) is 15.4. The molecule has 0 unspecified atom stereocenters. The Bertz CT molecular complexity index is 754. The molecular weight excluding hydrogens is 511 g/mol. The summed E-state index contributed by atoms with van der Waals surface area (Å²) in [6.07, 6.45) is 4.09. The Morgan fingerprint density at radius 3 is 2.69 bits per heavy atom. The van der Waals surface area contributed by atoms with Crippen molar-refractivity contribution in [1.82, 2.24) is 25.2 Å². The molecule has 1 aromatic rings. The van der Waals surface area contributed by atoms with E-state index in [0.717, 1.165) is 12.8 Å². The van der Waals surface area contributed by atoms with Gasteiger partial charge in [-0.1, -0.05) is 0 Å². The van der Waals surface area contributed by atoms with Crippen LogP contribution in [0.3, 0.4) is 0 Å². The van der Waals surface area contributed by atoms with Crippen LogP contribution in [0.2, 0.25) is 0 Å². The summed E-state index contributed by atoms with van der Waals surface area (Å²) in [6, 6.07) is 3.25. The molecule has 0 aromatic carbocycles. The van der Waals surface area contributed by atoms with Gasteiger partial charge in [-0.3, -0.25) is 9.98 Å². The number of hydrogen-bond acceptors (Lipinski definition) is 6. The molecule has 12 heteroatoms. The molecule has 10 nitrogen and oxygen atoms in total. The number of hydrogen-bond donors (Lipinski definition) is 3. The maximum Gasteiger partial charge on any atom is 0.409 e. The highest BCUT2D eigenvalue weighted by Gasteiger charge is 2.23. The summed E-state index contributed by atoms with van der Waals surface area (Å²) in [5.74, 6) is 0.625. The fourth-order valence-electron chi connectivity index (χ4n) is 2.79. The number of piperidine rings is 1. The lowest BCUT2D eigenvalue weighted by atomic mass is 10.1. The summed E-state index contributed by atoms with van der Waals surface area (Å²) >= 11 is 0. The summed E-state index contributed by atoms with van der Waals surface area (Å²) in [5.41, 5.74) is 0. The van der Waals surface area contributed by atoms with Crippen molar-refractivity contribution >= 4 is 46.1 Å².